The van der Waals surface area contributed by atoms with Crippen LogP contribution in [0.2, 0.25) is 0 Å². The predicted molar refractivity (Wildman–Crippen MR) is 106 cm³/mol. The number of halogens is 1. The Labute approximate surface area is 162 Å². The molecule has 0 aliphatic rings. The maximum atomic E-state index is 13.1. The summed E-state index contributed by atoms with van der Waals surface area (Å²) in [5.74, 6) is 0.207. The van der Waals surface area contributed by atoms with Crippen molar-refractivity contribution in [2.75, 3.05) is 12.4 Å². The van der Waals surface area contributed by atoms with Gasteiger partial charge < -0.3 is 14.8 Å². The second-order valence-electron chi connectivity index (χ2n) is 5.88. The summed E-state index contributed by atoms with van der Waals surface area (Å²) in [6.45, 7) is 0.603. The zero-order valence-corrected chi connectivity index (χ0v) is 15.3. The number of nitrogens with zero attached hydrogens (tertiary/aromatic N) is 1. The number of nitrogens with one attached hydrogen (secondary N) is 1. The van der Waals surface area contributed by atoms with Crippen molar-refractivity contribution in [3.8, 4) is 11.5 Å². The number of rotatable bonds is 7. The molecule has 1 heterocycles. The summed E-state index contributed by atoms with van der Waals surface area (Å²) >= 11 is 0. The quantitative estimate of drug-likeness (QED) is 0.472. The van der Waals surface area contributed by atoms with Crippen molar-refractivity contribution in [1.82, 2.24) is 4.98 Å². The summed E-state index contributed by atoms with van der Waals surface area (Å²) in [5.41, 5.74) is 2.56. The van der Waals surface area contributed by atoms with Gasteiger partial charge in [0.15, 0.2) is 0 Å². The first-order valence-electron chi connectivity index (χ1n) is 8.60. The molecule has 2 aromatic carbocycles. The monoisotopic (exact) mass is 378 g/mol. The maximum Gasteiger partial charge on any atom is 0.330 e. The van der Waals surface area contributed by atoms with Crippen LogP contribution in [0, 0.1) is 5.82 Å². The van der Waals surface area contributed by atoms with Gasteiger partial charge >= 0.3 is 5.97 Å². The molecule has 3 aromatic rings. The standard InChI is InChI=1S/C22H19FN2O3/c1-27-22(26)11-4-17-13-19(25-15-16-3-2-12-24-14-16)7-10-21(17)28-20-8-5-18(23)6-9-20/h2-14,25H,15H2,1H3/b11-4+. The van der Waals surface area contributed by atoms with Crippen LogP contribution in [-0.4, -0.2) is 18.1 Å². The number of benzene rings is 2. The van der Waals surface area contributed by atoms with E-state index in [0.717, 1.165) is 11.3 Å². The van der Waals surface area contributed by atoms with Crippen molar-refractivity contribution in [2.24, 2.45) is 0 Å². The molecule has 0 saturated carbocycles. The highest BCUT2D eigenvalue weighted by atomic mass is 19.1. The van der Waals surface area contributed by atoms with Gasteiger partial charge in [-0.05, 0) is 60.2 Å². The average Bonchev–Trinajstić information content (AvgIpc) is 2.74. The van der Waals surface area contributed by atoms with Crippen LogP contribution in [0.15, 0.2) is 73.1 Å². The van der Waals surface area contributed by atoms with Gasteiger partial charge in [-0.15, -0.1) is 0 Å². The average molecular weight is 378 g/mol. The van der Waals surface area contributed by atoms with Crippen LogP contribution in [0.4, 0.5) is 10.1 Å². The van der Waals surface area contributed by atoms with E-state index in [-0.39, 0.29) is 5.82 Å². The molecule has 0 atom stereocenters. The zero-order valence-electron chi connectivity index (χ0n) is 15.3. The molecule has 0 spiro atoms. The zero-order chi connectivity index (χ0) is 19.8. The van der Waals surface area contributed by atoms with E-state index in [1.165, 1.54) is 37.5 Å². The summed E-state index contributed by atoms with van der Waals surface area (Å²) in [5, 5.41) is 3.31. The molecule has 0 aliphatic carbocycles. The van der Waals surface area contributed by atoms with Gasteiger partial charge in [-0.3, -0.25) is 4.98 Å². The molecule has 1 aromatic heterocycles. The Bertz CT molecular complexity index is 957. The van der Waals surface area contributed by atoms with E-state index in [1.54, 1.807) is 24.5 Å². The van der Waals surface area contributed by atoms with Gasteiger partial charge in [0.05, 0.1) is 7.11 Å². The predicted octanol–water partition coefficient (Wildman–Crippen LogP) is 4.81. The fraction of sp³-hybridized carbons (Fsp3) is 0.0909. The highest BCUT2D eigenvalue weighted by Gasteiger charge is 2.06. The first kappa shape index (κ1) is 19.1. The molecule has 0 bridgehead atoms. The SMILES string of the molecule is COC(=O)/C=C/c1cc(NCc2cccnc2)ccc1Oc1ccc(F)cc1. The third kappa shape index (κ3) is 5.41. The van der Waals surface area contributed by atoms with Crippen LogP contribution in [0.5, 0.6) is 11.5 Å². The first-order valence-corrected chi connectivity index (χ1v) is 8.60. The number of methoxy groups -OCH3 is 1. The van der Waals surface area contributed by atoms with Crippen molar-refractivity contribution in [3.63, 3.8) is 0 Å². The van der Waals surface area contributed by atoms with Gasteiger partial charge in [0.25, 0.3) is 0 Å². The number of hydrogen-bond acceptors (Lipinski definition) is 5. The lowest BCUT2D eigenvalue weighted by Gasteiger charge is -2.12. The molecule has 0 unspecified atom stereocenters. The van der Waals surface area contributed by atoms with Crippen molar-refractivity contribution >= 4 is 17.7 Å². The summed E-state index contributed by atoms with van der Waals surface area (Å²) in [4.78, 5) is 15.6. The molecular formula is C22H19FN2O3. The second kappa shape index (κ2) is 9.32. The second-order valence-corrected chi connectivity index (χ2v) is 5.88. The lowest BCUT2D eigenvalue weighted by Crippen LogP contribution is -2.00. The van der Waals surface area contributed by atoms with E-state index in [1.807, 2.05) is 24.3 Å². The fourth-order valence-corrected chi connectivity index (χ4v) is 2.44. The van der Waals surface area contributed by atoms with Crippen LogP contribution < -0.4 is 10.1 Å². The number of ether oxygens (including phenoxy) is 2. The van der Waals surface area contributed by atoms with Crippen molar-refractivity contribution in [1.29, 1.82) is 0 Å². The Morgan fingerprint density at radius 1 is 1.18 bits per heavy atom. The summed E-state index contributed by atoms with van der Waals surface area (Å²) in [6, 6.07) is 15.1. The minimum Gasteiger partial charge on any atom is -0.466 e. The molecular weight excluding hydrogens is 359 g/mol. The van der Waals surface area contributed by atoms with Crippen LogP contribution in [0.3, 0.4) is 0 Å². The molecule has 6 heteroatoms. The Morgan fingerprint density at radius 3 is 2.71 bits per heavy atom. The van der Waals surface area contributed by atoms with E-state index in [2.05, 4.69) is 15.0 Å². The molecule has 0 aliphatic heterocycles. The third-order valence-electron chi connectivity index (χ3n) is 3.87. The number of aromatic nitrogens is 1. The fourth-order valence-electron chi connectivity index (χ4n) is 2.44. The smallest absolute Gasteiger partial charge is 0.330 e. The Hall–Kier alpha value is -3.67. The number of carbonyl (C=O) groups is 1. The highest BCUT2D eigenvalue weighted by Crippen LogP contribution is 2.29. The van der Waals surface area contributed by atoms with E-state index in [0.29, 0.717) is 23.6 Å². The minimum atomic E-state index is -0.471. The largest absolute Gasteiger partial charge is 0.466 e. The molecule has 0 saturated heterocycles. The molecule has 142 valence electrons. The topological polar surface area (TPSA) is 60.5 Å². The van der Waals surface area contributed by atoms with Crippen LogP contribution in [0.1, 0.15) is 11.1 Å². The number of pyridine rings is 1. The van der Waals surface area contributed by atoms with Gasteiger partial charge in [-0.2, -0.15) is 0 Å². The molecule has 28 heavy (non-hydrogen) atoms. The Balaban J connectivity index is 1.82. The van der Waals surface area contributed by atoms with Gasteiger partial charge in [0.2, 0.25) is 0 Å². The van der Waals surface area contributed by atoms with Gasteiger partial charge in [0, 0.05) is 36.3 Å². The van der Waals surface area contributed by atoms with E-state index < -0.39 is 5.97 Å². The van der Waals surface area contributed by atoms with Gasteiger partial charge in [0.1, 0.15) is 17.3 Å². The van der Waals surface area contributed by atoms with E-state index in [4.69, 9.17) is 4.74 Å². The molecule has 1 N–H and O–H groups in total. The molecule has 5 nitrogen and oxygen atoms in total. The molecule has 0 radical (unpaired) electrons. The van der Waals surface area contributed by atoms with Crippen LogP contribution >= 0.6 is 0 Å². The number of esters is 1. The molecule has 0 amide bonds. The number of carbonyl (C=O) groups excluding carboxylic acids is 1. The molecule has 3 rings (SSSR count). The molecule has 0 fully saturated rings. The third-order valence-corrected chi connectivity index (χ3v) is 3.87. The summed E-state index contributed by atoms with van der Waals surface area (Å²) in [7, 11) is 1.31. The van der Waals surface area contributed by atoms with E-state index >= 15 is 0 Å². The van der Waals surface area contributed by atoms with Crippen molar-refractivity contribution < 1.29 is 18.7 Å². The lowest BCUT2D eigenvalue weighted by atomic mass is 10.1. The van der Waals surface area contributed by atoms with E-state index in [9.17, 15) is 9.18 Å². The summed E-state index contributed by atoms with van der Waals surface area (Å²) in [6.07, 6.45) is 6.44. The minimum absolute atomic E-state index is 0.340. The first-order chi connectivity index (χ1) is 13.6. The van der Waals surface area contributed by atoms with Crippen molar-refractivity contribution in [3.05, 3.63) is 90.0 Å². The van der Waals surface area contributed by atoms with Gasteiger partial charge in [-0.1, -0.05) is 6.07 Å². The van der Waals surface area contributed by atoms with Crippen LogP contribution in [-0.2, 0) is 16.1 Å². The Kier molecular flexibility index (Phi) is 6.36. The normalized spacial score (nSPS) is 10.6. The number of anilines is 1. The van der Waals surface area contributed by atoms with Crippen molar-refractivity contribution in [2.45, 2.75) is 6.54 Å². The highest BCUT2D eigenvalue weighted by molar-refractivity contribution is 5.87. The number of hydrogen-bond donors (Lipinski definition) is 1. The van der Waals surface area contributed by atoms with Gasteiger partial charge in [-0.25, -0.2) is 9.18 Å². The van der Waals surface area contributed by atoms with Crippen LogP contribution in [0.25, 0.3) is 6.08 Å². The lowest BCUT2D eigenvalue weighted by molar-refractivity contribution is -0.134. The Morgan fingerprint density at radius 2 is 2.00 bits per heavy atom. The maximum absolute atomic E-state index is 13.1. The summed E-state index contributed by atoms with van der Waals surface area (Å²) < 4.78 is 23.6.